The largest absolute Gasteiger partial charge is 0.459 e. The minimum atomic E-state index is -0.343. The summed E-state index contributed by atoms with van der Waals surface area (Å²) in [5.41, 5.74) is 1.22. The van der Waals surface area contributed by atoms with E-state index in [0.717, 1.165) is 5.69 Å². The molecular weight excluding hydrogens is 387 g/mol. The van der Waals surface area contributed by atoms with Gasteiger partial charge in [0, 0.05) is 24.4 Å². The molecule has 0 atom stereocenters. The summed E-state index contributed by atoms with van der Waals surface area (Å²) in [6.07, 6.45) is 2.12. The Morgan fingerprint density at radius 2 is 1.90 bits per heavy atom. The number of benzene rings is 1. The maximum absolute atomic E-state index is 13.3. The topological polar surface area (TPSA) is 89.2 Å². The van der Waals surface area contributed by atoms with Crippen LogP contribution in [0.15, 0.2) is 53.1 Å². The van der Waals surface area contributed by atoms with Gasteiger partial charge in [-0.3, -0.25) is 9.59 Å². The number of aromatic nitrogens is 2. The number of nitrogens with zero attached hydrogens (tertiary/aromatic N) is 2. The van der Waals surface area contributed by atoms with E-state index in [1.165, 1.54) is 18.4 Å². The van der Waals surface area contributed by atoms with Crippen LogP contribution in [-0.2, 0) is 10.2 Å². The molecule has 30 heavy (non-hydrogen) atoms. The summed E-state index contributed by atoms with van der Waals surface area (Å²) >= 11 is 0. The van der Waals surface area contributed by atoms with Crippen molar-refractivity contribution in [2.24, 2.45) is 0 Å². The Labute approximate surface area is 174 Å². The Morgan fingerprint density at radius 1 is 1.17 bits per heavy atom. The van der Waals surface area contributed by atoms with Crippen LogP contribution in [-0.4, -0.2) is 28.1 Å². The molecule has 0 aliphatic rings. The van der Waals surface area contributed by atoms with Crippen molar-refractivity contribution in [3.05, 3.63) is 66.0 Å². The van der Waals surface area contributed by atoms with Crippen LogP contribution in [0.3, 0.4) is 0 Å². The molecule has 0 spiro atoms. The van der Waals surface area contributed by atoms with E-state index in [9.17, 15) is 14.0 Å². The van der Waals surface area contributed by atoms with Gasteiger partial charge in [0.05, 0.1) is 17.6 Å². The zero-order valence-electron chi connectivity index (χ0n) is 17.2. The fourth-order valence-electron chi connectivity index (χ4n) is 2.77. The van der Waals surface area contributed by atoms with E-state index >= 15 is 0 Å². The van der Waals surface area contributed by atoms with Crippen LogP contribution in [0.25, 0.3) is 5.69 Å². The lowest BCUT2D eigenvalue weighted by Crippen LogP contribution is -2.25. The Balaban J connectivity index is 1.63. The predicted molar refractivity (Wildman–Crippen MR) is 111 cm³/mol. The van der Waals surface area contributed by atoms with Gasteiger partial charge in [-0.25, -0.2) is 9.07 Å². The Kier molecular flexibility index (Phi) is 6.34. The quantitative estimate of drug-likeness (QED) is 0.573. The third-order valence-electron chi connectivity index (χ3n) is 4.43. The van der Waals surface area contributed by atoms with Crippen LogP contribution in [0.5, 0.6) is 0 Å². The van der Waals surface area contributed by atoms with Crippen molar-refractivity contribution in [3.63, 3.8) is 0 Å². The number of carbonyl (C=O) groups excluding carboxylic acids is 2. The van der Waals surface area contributed by atoms with Crippen LogP contribution in [0.1, 0.15) is 49.9 Å². The molecular formula is C22H25FN4O3. The summed E-state index contributed by atoms with van der Waals surface area (Å²) in [6, 6.07) is 10.9. The first-order chi connectivity index (χ1) is 14.2. The average molecular weight is 412 g/mol. The number of furan rings is 1. The van der Waals surface area contributed by atoms with Gasteiger partial charge >= 0.3 is 0 Å². The minimum absolute atomic E-state index is 0.203. The summed E-state index contributed by atoms with van der Waals surface area (Å²) in [4.78, 5) is 24.3. The highest BCUT2D eigenvalue weighted by Gasteiger charge is 2.21. The molecule has 7 nitrogen and oxygen atoms in total. The fourth-order valence-corrected chi connectivity index (χ4v) is 2.77. The van der Waals surface area contributed by atoms with E-state index in [2.05, 4.69) is 15.7 Å². The van der Waals surface area contributed by atoms with Gasteiger partial charge in [-0.15, -0.1) is 0 Å². The average Bonchev–Trinajstić information content (AvgIpc) is 3.36. The highest BCUT2D eigenvalue weighted by atomic mass is 19.1. The summed E-state index contributed by atoms with van der Waals surface area (Å²) in [5.74, 6) is -0.117. The van der Waals surface area contributed by atoms with Crippen LogP contribution in [0.2, 0.25) is 0 Å². The number of nitrogens with one attached hydrogen (secondary N) is 2. The molecule has 0 fully saturated rings. The lowest BCUT2D eigenvalue weighted by atomic mass is 9.92. The third kappa shape index (κ3) is 5.34. The SMILES string of the molecule is CC(C)(C)c1cc(NC(=O)CCCNC(=O)c2ccco2)n(-c2ccc(F)cc2)n1. The van der Waals surface area contributed by atoms with Crippen molar-refractivity contribution in [1.82, 2.24) is 15.1 Å². The molecule has 0 saturated carbocycles. The molecule has 0 radical (unpaired) electrons. The first-order valence-electron chi connectivity index (χ1n) is 9.72. The molecule has 0 saturated heterocycles. The molecule has 3 rings (SSSR count). The first kappa shape index (κ1) is 21.3. The van der Waals surface area contributed by atoms with E-state index in [1.54, 1.807) is 28.9 Å². The van der Waals surface area contributed by atoms with Crippen molar-refractivity contribution >= 4 is 17.6 Å². The van der Waals surface area contributed by atoms with Gasteiger partial charge in [0.15, 0.2) is 5.76 Å². The molecule has 158 valence electrons. The number of hydrogen-bond donors (Lipinski definition) is 2. The Morgan fingerprint density at radius 3 is 2.53 bits per heavy atom. The molecule has 8 heteroatoms. The second-order valence-electron chi connectivity index (χ2n) is 7.94. The van der Waals surface area contributed by atoms with Crippen molar-refractivity contribution < 1.29 is 18.4 Å². The standard InChI is InChI=1S/C22H25FN4O3/c1-22(2,3)18-14-19(27(26-18)16-10-8-15(23)9-11-16)25-20(28)7-4-12-24-21(29)17-6-5-13-30-17/h5-6,8-11,13-14H,4,7,12H2,1-3H3,(H,24,29)(H,25,28). The maximum atomic E-state index is 13.3. The van der Waals surface area contributed by atoms with Gasteiger partial charge < -0.3 is 15.1 Å². The van der Waals surface area contributed by atoms with Gasteiger partial charge in [-0.1, -0.05) is 20.8 Å². The van der Waals surface area contributed by atoms with E-state index in [1.807, 2.05) is 26.8 Å². The smallest absolute Gasteiger partial charge is 0.286 e. The van der Waals surface area contributed by atoms with Crippen molar-refractivity contribution in [2.75, 3.05) is 11.9 Å². The second-order valence-corrected chi connectivity index (χ2v) is 7.94. The number of amides is 2. The zero-order chi connectivity index (χ0) is 21.7. The van der Waals surface area contributed by atoms with E-state index in [4.69, 9.17) is 4.42 Å². The molecule has 0 aliphatic carbocycles. The Bertz CT molecular complexity index is 1000. The van der Waals surface area contributed by atoms with E-state index < -0.39 is 0 Å². The summed E-state index contributed by atoms with van der Waals surface area (Å²) < 4.78 is 19.9. The third-order valence-corrected chi connectivity index (χ3v) is 4.43. The maximum Gasteiger partial charge on any atom is 0.286 e. The molecule has 2 heterocycles. The first-order valence-corrected chi connectivity index (χ1v) is 9.72. The second kappa shape index (κ2) is 8.94. The molecule has 3 aromatic rings. The fraction of sp³-hybridized carbons (Fsp3) is 0.318. The van der Waals surface area contributed by atoms with Gasteiger partial charge in [-0.05, 0) is 42.8 Å². The van der Waals surface area contributed by atoms with E-state index in [-0.39, 0.29) is 35.2 Å². The zero-order valence-corrected chi connectivity index (χ0v) is 17.2. The number of halogens is 1. The molecule has 0 unspecified atom stereocenters. The highest BCUT2D eigenvalue weighted by molar-refractivity contribution is 5.92. The predicted octanol–water partition coefficient (Wildman–Crippen LogP) is 4.05. The number of anilines is 1. The number of hydrogen-bond acceptors (Lipinski definition) is 4. The normalized spacial score (nSPS) is 11.3. The lowest BCUT2D eigenvalue weighted by molar-refractivity contribution is -0.116. The van der Waals surface area contributed by atoms with Crippen molar-refractivity contribution in [3.8, 4) is 5.69 Å². The molecule has 0 aliphatic heterocycles. The molecule has 2 N–H and O–H groups in total. The Hall–Kier alpha value is -3.42. The number of rotatable bonds is 7. The van der Waals surface area contributed by atoms with Crippen LogP contribution >= 0.6 is 0 Å². The highest BCUT2D eigenvalue weighted by Crippen LogP contribution is 2.26. The van der Waals surface area contributed by atoms with Gasteiger partial charge in [0.1, 0.15) is 11.6 Å². The van der Waals surface area contributed by atoms with Crippen LogP contribution in [0, 0.1) is 5.82 Å². The van der Waals surface area contributed by atoms with Gasteiger partial charge in [0.25, 0.3) is 5.91 Å². The number of carbonyl (C=O) groups is 2. The molecule has 2 amide bonds. The van der Waals surface area contributed by atoms with Gasteiger partial charge in [0.2, 0.25) is 5.91 Å². The van der Waals surface area contributed by atoms with Crippen molar-refractivity contribution in [1.29, 1.82) is 0 Å². The molecule has 2 aromatic heterocycles. The van der Waals surface area contributed by atoms with Crippen LogP contribution < -0.4 is 10.6 Å². The summed E-state index contributed by atoms with van der Waals surface area (Å²) in [6.45, 7) is 6.42. The molecule has 1 aromatic carbocycles. The monoisotopic (exact) mass is 412 g/mol. The van der Waals surface area contributed by atoms with E-state index in [0.29, 0.717) is 24.5 Å². The van der Waals surface area contributed by atoms with Crippen molar-refractivity contribution in [2.45, 2.75) is 39.0 Å². The lowest BCUT2D eigenvalue weighted by Gasteiger charge is -2.14. The van der Waals surface area contributed by atoms with Crippen LogP contribution in [0.4, 0.5) is 10.2 Å². The summed E-state index contributed by atoms with van der Waals surface area (Å²) in [5, 5.41) is 10.2. The molecule has 0 bridgehead atoms. The minimum Gasteiger partial charge on any atom is -0.459 e. The van der Waals surface area contributed by atoms with Gasteiger partial charge in [-0.2, -0.15) is 5.10 Å². The summed E-state index contributed by atoms with van der Waals surface area (Å²) in [7, 11) is 0.